The zero-order chi connectivity index (χ0) is 49.4. The first-order valence-corrected chi connectivity index (χ1v) is 29.6. The van der Waals surface area contributed by atoms with E-state index in [-0.39, 0.29) is 12.5 Å². The fraction of sp³-hybridized carbons (Fsp3) is 0.915. The molecular weight excluding hydrogens is 851 g/mol. The standard InChI is InChI=1S/C59H113NO8/c1-3-5-7-9-11-13-15-17-19-21-23-25-26-27-28-29-31-33-35-37-39-41-43-45-47-49-55(63)60-52(51-67-59-58(66)57(65)56(64)54(50-61)68-59)53(62)48-46-44-42-40-38-36-34-32-30-24-22-20-18-16-14-12-10-8-6-4-2/h21,23,46,48,52-54,56-59,61-62,64-66H,3-20,22,24-45,47,49-51H2,1-2H3,(H,60,63)/b23-21-,48-46+. The van der Waals surface area contributed by atoms with Crippen LogP contribution in [0.15, 0.2) is 24.3 Å². The summed E-state index contributed by atoms with van der Waals surface area (Å²) in [7, 11) is 0. The van der Waals surface area contributed by atoms with Gasteiger partial charge in [-0.2, -0.15) is 0 Å². The predicted octanol–water partition coefficient (Wildman–Crippen LogP) is 14.6. The van der Waals surface area contributed by atoms with Crippen molar-refractivity contribution in [2.75, 3.05) is 13.2 Å². The van der Waals surface area contributed by atoms with Crippen molar-refractivity contribution in [2.45, 2.75) is 333 Å². The minimum absolute atomic E-state index is 0.172. The van der Waals surface area contributed by atoms with Gasteiger partial charge in [0, 0.05) is 6.42 Å². The van der Waals surface area contributed by atoms with Crippen LogP contribution in [0.2, 0.25) is 0 Å². The summed E-state index contributed by atoms with van der Waals surface area (Å²) in [4.78, 5) is 13.1. The van der Waals surface area contributed by atoms with Crippen molar-refractivity contribution in [3.8, 4) is 0 Å². The summed E-state index contributed by atoms with van der Waals surface area (Å²) in [5.74, 6) is -0.172. The fourth-order valence-electron chi connectivity index (χ4n) is 9.57. The van der Waals surface area contributed by atoms with E-state index in [9.17, 15) is 30.3 Å². The van der Waals surface area contributed by atoms with Crippen molar-refractivity contribution < 1.29 is 39.8 Å². The maximum absolute atomic E-state index is 13.1. The largest absolute Gasteiger partial charge is 0.394 e. The number of carbonyl (C=O) groups is 1. The van der Waals surface area contributed by atoms with Gasteiger partial charge < -0.3 is 40.3 Å². The van der Waals surface area contributed by atoms with E-state index in [4.69, 9.17) is 9.47 Å². The molecule has 0 aromatic rings. The van der Waals surface area contributed by atoms with Crippen LogP contribution in [-0.2, 0) is 14.3 Å². The Morgan fingerprint density at radius 3 is 1.19 bits per heavy atom. The highest BCUT2D eigenvalue weighted by Crippen LogP contribution is 2.23. The van der Waals surface area contributed by atoms with Crippen LogP contribution in [0.5, 0.6) is 0 Å². The van der Waals surface area contributed by atoms with Gasteiger partial charge in [0.2, 0.25) is 5.91 Å². The minimum atomic E-state index is -1.56. The topological polar surface area (TPSA) is 149 Å². The van der Waals surface area contributed by atoms with Crippen LogP contribution in [0.3, 0.4) is 0 Å². The van der Waals surface area contributed by atoms with Crippen LogP contribution in [0, 0.1) is 0 Å². The Balaban J connectivity index is 2.21. The third-order valence-electron chi connectivity index (χ3n) is 14.3. The second-order valence-electron chi connectivity index (χ2n) is 20.8. The van der Waals surface area contributed by atoms with Crippen LogP contribution in [0.1, 0.15) is 290 Å². The van der Waals surface area contributed by atoms with Gasteiger partial charge in [-0.25, -0.2) is 0 Å². The molecular formula is C59H113NO8. The van der Waals surface area contributed by atoms with E-state index in [1.165, 1.54) is 231 Å². The third kappa shape index (κ3) is 38.4. The van der Waals surface area contributed by atoms with Gasteiger partial charge in [0.25, 0.3) is 0 Å². The highest BCUT2D eigenvalue weighted by Gasteiger charge is 2.44. The molecule has 1 aliphatic heterocycles. The summed E-state index contributed by atoms with van der Waals surface area (Å²) in [5, 5.41) is 54.5. The molecule has 1 heterocycles. The number of hydrogen-bond acceptors (Lipinski definition) is 8. The summed E-state index contributed by atoms with van der Waals surface area (Å²) in [6.07, 6.45) is 55.3. The lowest BCUT2D eigenvalue weighted by molar-refractivity contribution is -0.302. The first-order valence-electron chi connectivity index (χ1n) is 29.6. The van der Waals surface area contributed by atoms with Gasteiger partial charge in [0.05, 0.1) is 25.4 Å². The van der Waals surface area contributed by atoms with E-state index >= 15 is 0 Å². The second kappa shape index (κ2) is 49.3. The Morgan fingerprint density at radius 2 is 0.824 bits per heavy atom. The molecule has 1 aliphatic rings. The van der Waals surface area contributed by atoms with Gasteiger partial charge in [-0.15, -0.1) is 0 Å². The lowest BCUT2D eigenvalue weighted by Gasteiger charge is -2.40. The molecule has 0 spiro atoms. The molecule has 1 rings (SSSR count). The summed E-state index contributed by atoms with van der Waals surface area (Å²) in [6, 6.07) is -0.803. The maximum Gasteiger partial charge on any atom is 0.220 e. The molecule has 9 nitrogen and oxygen atoms in total. The van der Waals surface area contributed by atoms with Crippen molar-refractivity contribution in [1.29, 1.82) is 0 Å². The monoisotopic (exact) mass is 964 g/mol. The SMILES string of the molecule is CCCCCCCCCC/C=C\CCCCCCCCCCCCCCCC(=O)NC(COC1OC(CO)C(O)C(O)C1O)C(O)/C=C/CCCCCCCCCCCCCCCCCCCC. The number of nitrogens with one attached hydrogen (secondary N) is 1. The van der Waals surface area contributed by atoms with Gasteiger partial charge >= 0.3 is 0 Å². The highest BCUT2D eigenvalue weighted by molar-refractivity contribution is 5.76. The maximum atomic E-state index is 13.1. The average molecular weight is 965 g/mol. The van der Waals surface area contributed by atoms with E-state index < -0.39 is 49.5 Å². The normalized spacial score (nSPS) is 19.7. The zero-order valence-corrected chi connectivity index (χ0v) is 44.6. The zero-order valence-electron chi connectivity index (χ0n) is 44.6. The quantitative estimate of drug-likeness (QED) is 0.0261. The molecule has 0 aliphatic carbocycles. The minimum Gasteiger partial charge on any atom is -0.394 e. The van der Waals surface area contributed by atoms with Gasteiger partial charge in [-0.05, 0) is 44.9 Å². The van der Waals surface area contributed by atoms with Gasteiger partial charge in [-0.1, -0.05) is 263 Å². The Labute approximate surface area is 419 Å². The smallest absolute Gasteiger partial charge is 0.220 e. The molecule has 1 amide bonds. The number of ether oxygens (including phenoxy) is 2. The summed E-state index contributed by atoms with van der Waals surface area (Å²) >= 11 is 0. The van der Waals surface area contributed by atoms with Crippen molar-refractivity contribution in [3.05, 3.63) is 24.3 Å². The second-order valence-corrected chi connectivity index (χ2v) is 20.8. The van der Waals surface area contributed by atoms with Crippen LogP contribution in [0.25, 0.3) is 0 Å². The summed E-state index contributed by atoms with van der Waals surface area (Å²) in [5.41, 5.74) is 0. The number of allylic oxidation sites excluding steroid dienone is 3. The third-order valence-corrected chi connectivity index (χ3v) is 14.3. The van der Waals surface area contributed by atoms with Crippen molar-refractivity contribution in [1.82, 2.24) is 5.32 Å². The van der Waals surface area contributed by atoms with Crippen molar-refractivity contribution in [3.63, 3.8) is 0 Å². The molecule has 1 saturated heterocycles. The number of aliphatic hydroxyl groups excluding tert-OH is 5. The molecule has 6 N–H and O–H groups in total. The van der Waals surface area contributed by atoms with Crippen LogP contribution < -0.4 is 5.32 Å². The van der Waals surface area contributed by atoms with Gasteiger partial charge in [-0.3, -0.25) is 4.79 Å². The highest BCUT2D eigenvalue weighted by atomic mass is 16.7. The summed E-state index contributed by atoms with van der Waals surface area (Å²) in [6.45, 7) is 3.82. The average Bonchev–Trinajstić information content (AvgIpc) is 3.34. The number of aliphatic hydroxyl groups is 5. The summed E-state index contributed by atoms with van der Waals surface area (Å²) < 4.78 is 11.3. The van der Waals surface area contributed by atoms with E-state index in [1.54, 1.807) is 6.08 Å². The first kappa shape index (κ1) is 64.7. The fourth-order valence-corrected chi connectivity index (χ4v) is 9.57. The van der Waals surface area contributed by atoms with Gasteiger partial charge in [0.15, 0.2) is 6.29 Å². The van der Waals surface area contributed by atoms with E-state index in [2.05, 4.69) is 31.3 Å². The van der Waals surface area contributed by atoms with Crippen LogP contribution in [-0.4, -0.2) is 87.5 Å². The van der Waals surface area contributed by atoms with Crippen molar-refractivity contribution in [2.24, 2.45) is 0 Å². The lowest BCUT2D eigenvalue weighted by atomic mass is 9.99. The molecule has 0 saturated carbocycles. The Morgan fingerprint density at radius 1 is 0.485 bits per heavy atom. The molecule has 402 valence electrons. The molecule has 0 radical (unpaired) electrons. The Hall–Kier alpha value is -1.33. The van der Waals surface area contributed by atoms with Gasteiger partial charge in [0.1, 0.15) is 24.4 Å². The van der Waals surface area contributed by atoms with E-state index in [1.807, 2.05) is 6.08 Å². The Bertz CT molecular complexity index is 1120. The molecule has 9 heteroatoms. The first-order chi connectivity index (χ1) is 33.3. The molecule has 7 unspecified atom stereocenters. The molecule has 7 atom stereocenters. The van der Waals surface area contributed by atoms with E-state index in [0.717, 1.165) is 38.5 Å². The number of amides is 1. The predicted molar refractivity (Wildman–Crippen MR) is 286 cm³/mol. The molecule has 1 fully saturated rings. The Kier molecular flexibility index (Phi) is 46.9. The number of carbonyl (C=O) groups excluding carboxylic acids is 1. The number of rotatable bonds is 51. The molecule has 0 bridgehead atoms. The molecule has 0 aromatic heterocycles. The van der Waals surface area contributed by atoms with Crippen LogP contribution >= 0.6 is 0 Å². The molecule has 0 aromatic carbocycles. The van der Waals surface area contributed by atoms with Crippen molar-refractivity contribution >= 4 is 5.91 Å². The number of unbranched alkanes of at least 4 members (excludes halogenated alkanes) is 39. The van der Waals surface area contributed by atoms with Crippen LogP contribution in [0.4, 0.5) is 0 Å². The number of hydrogen-bond donors (Lipinski definition) is 6. The molecule has 68 heavy (non-hydrogen) atoms. The lowest BCUT2D eigenvalue weighted by Crippen LogP contribution is -2.60. The van der Waals surface area contributed by atoms with E-state index in [0.29, 0.717) is 6.42 Å².